The van der Waals surface area contributed by atoms with Crippen molar-refractivity contribution < 1.29 is 9.53 Å². The first kappa shape index (κ1) is 21.5. The molecule has 1 aromatic heterocycles. The Morgan fingerprint density at radius 1 is 1.17 bits per heavy atom. The van der Waals surface area contributed by atoms with Gasteiger partial charge in [0.05, 0.1) is 12.2 Å². The van der Waals surface area contributed by atoms with Crippen LogP contribution in [0.25, 0.3) is 0 Å². The summed E-state index contributed by atoms with van der Waals surface area (Å²) in [6, 6.07) is 8.08. The molecule has 1 aromatic carbocycles. The molecule has 0 atom stereocenters. The van der Waals surface area contributed by atoms with Crippen LogP contribution in [-0.4, -0.2) is 22.3 Å². The van der Waals surface area contributed by atoms with Crippen LogP contribution in [0.4, 0.5) is 0 Å². The Labute approximate surface area is 178 Å². The number of hydrogen-bond donors (Lipinski definition) is 0. The van der Waals surface area contributed by atoms with E-state index in [2.05, 4.69) is 63.6 Å². The number of esters is 1. The number of hydrogen-bond acceptors (Lipinski definition) is 4. The van der Waals surface area contributed by atoms with Crippen molar-refractivity contribution in [1.29, 1.82) is 0 Å². The molecule has 152 valence electrons. The molecular weight excluding hydrogens is 378 g/mol. The van der Waals surface area contributed by atoms with Gasteiger partial charge in [-0.2, -0.15) is 0 Å². The van der Waals surface area contributed by atoms with Gasteiger partial charge in [0, 0.05) is 21.4 Å². The Hall–Kier alpha value is -2.25. The fraction of sp³-hybridized carbons (Fsp3) is 0.440. The Balaban J connectivity index is 1.94. The molecule has 0 fully saturated rings. The van der Waals surface area contributed by atoms with Crippen molar-refractivity contribution in [3.8, 4) is 11.8 Å². The zero-order valence-corrected chi connectivity index (χ0v) is 19.0. The van der Waals surface area contributed by atoms with Gasteiger partial charge in [-0.3, -0.25) is 0 Å². The molecule has 1 aliphatic heterocycles. The smallest absolute Gasteiger partial charge is 0.339 e. The molecule has 0 aliphatic carbocycles. The number of carbonyl (C=O) groups excluding carboxylic acids is 1. The maximum absolute atomic E-state index is 11.8. The zero-order valence-electron chi connectivity index (χ0n) is 18.2. The lowest BCUT2D eigenvalue weighted by atomic mass is 9.76. The van der Waals surface area contributed by atoms with E-state index in [9.17, 15) is 4.79 Å². The number of aryl methyl sites for hydroxylation is 1. The van der Waals surface area contributed by atoms with E-state index < -0.39 is 0 Å². The van der Waals surface area contributed by atoms with Gasteiger partial charge >= 0.3 is 5.97 Å². The highest BCUT2D eigenvalue weighted by Gasteiger charge is 2.38. The monoisotopic (exact) mass is 407 g/mol. The second-order valence-electron chi connectivity index (χ2n) is 8.68. The maximum atomic E-state index is 11.8. The summed E-state index contributed by atoms with van der Waals surface area (Å²) in [7, 11) is 0. The average Bonchev–Trinajstić information content (AvgIpc) is 2.65. The van der Waals surface area contributed by atoms with Gasteiger partial charge in [0.2, 0.25) is 0 Å². The van der Waals surface area contributed by atoms with Crippen LogP contribution in [0.5, 0.6) is 0 Å². The number of thioether (sulfide) groups is 1. The van der Waals surface area contributed by atoms with Crippen LogP contribution in [0.15, 0.2) is 35.4 Å². The zero-order chi connectivity index (χ0) is 21.2. The highest BCUT2D eigenvalue weighted by Crippen LogP contribution is 2.51. The summed E-state index contributed by atoms with van der Waals surface area (Å²) in [5.74, 6) is 6.13. The summed E-state index contributed by atoms with van der Waals surface area (Å²) in [5, 5.41) is 0. The van der Waals surface area contributed by atoms with Gasteiger partial charge in [0.15, 0.2) is 0 Å². The minimum atomic E-state index is -0.356. The van der Waals surface area contributed by atoms with E-state index in [1.165, 1.54) is 22.2 Å². The topological polar surface area (TPSA) is 39.2 Å². The van der Waals surface area contributed by atoms with Crippen LogP contribution in [0, 0.1) is 11.8 Å². The quantitative estimate of drug-likeness (QED) is 0.478. The van der Waals surface area contributed by atoms with Gasteiger partial charge < -0.3 is 4.74 Å². The van der Waals surface area contributed by atoms with Gasteiger partial charge in [0.1, 0.15) is 5.69 Å². The third-order valence-electron chi connectivity index (χ3n) is 5.17. The summed E-state index contributed by atoms with van der Waals surface area (Å²) < 4.78 is 5.23. The second kappa shape index (κ2) is 8.24. The van der Waals surface area contributed by atoms with Crippen LogP contribution < -0.4 is 0 Å². The Morgan fingerprint density at radius 2 is 1.93 bits per heavy atom. The highest BCUT2D eigenvalue weighted by molar-refractivity contribution is 8.00. The fourth-order valence-corrected chi connectivity index (χ4v) is 5.75. The van der Waals surface area contributed by atoms with Crippen LogP contribution in [-0.2, 0) is 16.6 Å². The van der Waals surface area contributed by atoms with Gasteiger partial charge in [-0.1, -0.05) is 40.5 Å². The SMILES string of the molecule is CCOC(=O)c1ccc(C#Cc2cc3c(cc2CC)SC(C)(C)CC3(C)C)nc1. The molecule has 2 aromatic rings. The van der Waals surface area contributed by atoms with Gasteiger partial charge in [-0.25, -0.2) is 9.78 Å². The number of pyridine rings is 1. The third kappa shape index (κ3) is 4.85. The number of fused-ring (bicyclic) bond motifs is 1. The summed E-state index contributed by atoms with van der Waals surface area (Å²) >= 11 is 1.97. The van der Waals surface area contributed by atoms with Crippen LogP contribution in [0.2, 0.25) is 0 Å². The van der Waals surface area contributed by atoms with E-state index in [1.54, 1.807) is 19.1 Å². The number of ether oxygens (including phenoxy) is 1. The Kier molecular flexibility index (Phi) is 6.10. The van der Waals surface area contributed by atoms with Gasteiger partial charge in [-0.05, 0) is 66.5 Å². The molecule has 1 aliphatic rings. The Bertz CT molecular complexity index is 978. The molecule has 4 heteroatoms. The maximum Gasteiger partial charge on any atom is 0.339 e. The lowest BCUT2D eigenvalue weighted by Gasteiger charge is -2.42. The van der Waals surface area contributed by atoms with Crippen LogP contribution in [0.3, 0.4) is 0 Å². The van der Waals surface area contributed by atoms with Crippen molar-refractivity contribution >= 4 is 17.7 Å². The standard InChI is InChI=1S/C25H29NO2S/c1-7-17-14-22-21(24(3,4)16-25(5,6)29-22)13-18(17)9-11-20-12-10-19(15-26-20)23(27)28-8-2/h10,12-15H,7-8,16H2,1-6H3. The van der Waals surface area contributed by atoms with E-state index in [0.29, 0.717) is 17.9 Å². The number of aromatic nitrogens is 1. The van der Waals surface area contributed by atoms with Crippen molar-refractivity contribution in [2.24, 2.45) is 0 Å². The van der Waals surface area contributed by atoms with Crippen molar-refractivity contribution in [1.82, 2.24) is 4.98 Å². The first-order chi connectivity index (χ1) is 13.6. The van der Waals surface area contributed by atoms with E-state index in [0.717, 1.165) is 18.4 Å². The fourth-order valence-electron chi connectivity index (χ4n) is 4.07. The molecule has 3 nitrogen and oxygen atoms in total. The molecule has 0 saturated carbocycles. The Morgan fingerprint density at radius 3 is 2.55 bits per heavy atom. The van der Waals surface area contributed by atoms with Gasteiger partial charge in [0.25, 0.3) is 0 Å². The molecule has 29 heavy (non-hydrogen) atoms. The second-order valence-corrected chi connectivity index (χ2v) is 10.4. The molecule has 0 spiro atoms. The summed E-state index contributed by atoms with van der Waals surface area (Å²) in [4.78, 5) is 17.5. The van der Waals surface area contributed by atoms with Gasteiger partial charge in [-0.15, -0.1) is 11.8 Å². The molecule has 0 amide bonds. The molecular formula is C25H29NO2S. The molecule has 0 unspecified atom stereocenters. The van der Waals surface area contributed by atoms with Crippen molar-refractivity contribution in [3.05, 3.63) is 58.4 Å². The lowest BCUT2D eigenvalue weighted by molar-refractivity contribution is 0.0526. The van der Waals surface area contributed by atoms with E-state index >= 15 is 0 Å². The largest absolute Gasteiger partial charge is 0.462 e. The molecule has 0 bridgehead atoms. The third-order valence-corrected chi connectivity index (χ3v) is 6.42. The average molecular weight is 408 g/mol. The number of nitrogens with zero attached hydrogens (tertiary/aromatic N) is 1. The van der Waals surface area contributed by atoms with Crippen molar-refractivity contribution in [2.75, 3.05) is 6.61 Å². The number of benzene rings is 1. The summed E-state index contributed by atoms with van der Waals surface area (Å²) in [6.07, 6.45) is 3.60. The minimum Gasteiger partial charge on any atom is -0.462 e. The molecule has 0 radical (unpaired) electrons. The first-order valence-corrected chi connectivity index (χ1v) is 11.0. The van der Waals surface area contributed by atoms with E-state index in [1.807, 2.05) is 11.8 Å². The molecule has 0 saturated heterocycles. The van der Waals surface area contributed by atoms with Crippen LogP contribution in [0.1, 0.15) is 80.7 Å². The number of carbonyl (C=O) groups is 1. The van der Waals surface area contributed by atoms with Crippen molar-refractivity contribution in [3.63, 3.8) is 0 Å². The highest BCUT2D eigenvalue weighted by atomic mass is 32.2. The van der Waals surface area contributed by atoms with Crippen molar-refractivity contribution in [2.45, 2.75) is 69.4 Å². The molecule has 3 rings (SSSR count). The van der Waals surface area contributed by atoms with E-state index in [-0.39, 0.29) is 16.1 Å². The predicted molar refractivity (Wildman–Crippen MR) is 120 cm³/mol. The van der Waals surface area contributed by atoms with Crippen LogP contribution >= 0.6 is 11.8 Å². The summed E-state index contributed by atoms with van der Waals surface area (Å²) in [6.45, 7) is 13.6. The number of rotatable bonds is 3. The predicted octanol–water partition coefficient (Wildman–Crippen LogP) is 5.77. The lowest BCUT2D eigenvalue weighted by Crippen LogP contribution is -2.33. The van der Waals surface area contributed by atoms with E-state index in [4.69, 9.17) is 4.74 Å². The minimum absolute atomic E-state index is 0.117. The normalized spacial score (nSPS) is 16.3. The molecule has 0 N–H and O–H groups in total. The first-order valence-electron chi connectivity index (χ1n) is 10.2. The molecule has 2 heterocycles. The summed E-state index contributed by atoms with van der Waals surface area (Å²) in [5.41, 5.74) is 4.92.